The van der Waals surface area contributed by atoms with Crippen LogP contribution in [0.4, 0.5) is 8.78 Å². The van der Waals surface area contributed by atoms with Crippen LogP contribution in [0.1, 0.15) is 32.6 Å². The molecule has 0 aromatic heterocycles. The van der Waals surface area contributed by atoms with Crippen molar-refractivity contribution in [3.63, 3.8) is 0 Å². The maximum atomic E-state index is 12.9. The number of amides is 1. The third-order valence-electron chi connectivity index (χ3n) is 2.26. The van der Waals surface area contributed by atoms with Crippen LogP contribution in [0, 0.1) is 0 Å². The maximum Gasteiger partial charge on any atom is 0.265 e. The fourth-order valence-corrected chi connectivity index (χ4v) is 1.45. The number of nitrogens with zero attached hydrogens (tertiary/aromatic N) is 1. The molecule has 1 aliphatic heterocycles. The number of likely N-dealkylation sites (tertiary alicyclic amines) is 1. The summed E-state index contributed by atoms with van der Waals surface area (Å²) in [5.74, 6) is -2.79. The van der Waals surface area contributed by atoms with E-state index >= 15 is 0 Å². The molecule has 1 rings (SSSR count). The van der Waals surface area contributed by atoms with Gasteiger partial charge in [-0.15, -0.1) is 0 Å². The van der Waals surface area contributed by atoms with Crippen molar-refractivity contribution < 1.29 is 13.6 Å². The number of hydrogen-bond acceptors (Lipinski definition) is 1. The number of alkyl halides is 2. The lowest BCUT2D eigenvalue weighted by atomic mass is 10.1. The second-order valence-corrected chi connectivity index (χ2v) is 3.52. The third-order valence-corrected chi connectivity index (χ3v) is 2.26. The van der Waals surface area contributed by atoms with Crippen LogP contribution < -0.4 is 0 Å². The van der Waals surface area contributed by atoms with Gasteiger partial charge in [0.1, 0.15) is 0 Å². The molecular weight excluding hydrogens is 176 g/mol. The third kappa shape index (κ3) is 2.94. The summed E-state index contributed by atoms with van der Waals surface area (Å²) in [6.07, 6.45) is 1.45. The van der Waals surface area contributed by atoms with Gasteiger partial charge < -0.3 is 4.90 Å². The molecule has 1 aliphatic rings. The fraction of sp³-hybridized carbons (Fsp3) is 0.889. The second kappa shape index (κ2) is 4.03. The highest BCUT2D eigenvalue weighted by Crippen LogP contribution is 2.27. The Labute approximate surface area is 76.9 Å². The maximum absolute atomic E-state index is 12.9. The van der Waals surface area contributed by atoms with Gasteiger partial charge in [0.2, 0.25) is 5.91 Å². The highest BCUT2D eigenvalue weighted by Gasteiger charge is 2.38. The molecule has 76 valence electrons. The average Bonchev–Trinajstić information content (AvgIpc) is 2.07. The minimum atomic E-state index is -2.67. The molecule has 0 unspecified atom stereocenters. The number of piperidine rings is 1. The van der Waals surface area contributed by atoms with Crippen molar-refractivity contribution in [1.82, 2.24) is 4.90 Å². The molecule has 4 heteroatoms. The lowest BCUT2D eigenvalue weighted by Gasteiger charge is -2.32. The quantitative estimate of drug-likeness (QED) is 0.668. The molecule has 1 amide bonds. The van der Waals surface area contributed by atoms with Gasteiger partial charge in [-0.1, -0.05) is 13.3 Å². The number of hydrogen-bond donors (Lipinski definition) is 0. The molecule has 0 N–H and O–H groups in total. The van der Waals surface area contributed by atoms with Crippen LogP contribution in [-0.4, -0.2) is 29.8 Å². The summed E-state index contributed by atoms with van der Waals surface area (Å²) in [4.78, 5) is 12.5. The van der Waals surface area contributed by atoms with Crippen molar-refractivity contribution in [2.45, 2.75) is 38.5 Å². The first kappa shape index (κ1) is 10.4. The van der Waals surface area contributed by atoms with Crippen molar-refractivity contribution in [2.24, 2.45) is 0 Å². The highest BCUT2D eigenvalue weighted by atomic mass is 19.3. The minimum absolute atomic E-state index is 0.00326. The predicted molar refractivity (Wildman–Crippen MR) is 45.7 cm³/mol. The Hall–Kier alpha value is -0.670. The monoisotopic (exact) mass is 191 g/mol. The van der Waals surface area contributed by atoms with Gasteiger partial charge >= 0.3 is 0 Å². The van der Waals surface area contributed by atoms with Crippen LogP contribution in [0.15, 0.2) is 0 Å². The topological polar surface area (TPSA) is 20.3 Å². The normalized spacial score (nSPS) is 22.1. The van der Waals surface area contributed by atoms with E-state index in [-0.39, 0.29) is 25.3 Å². The van der Waals surface area contributed by atoms with Gasteiger partial charge in [0.25, 0.3) is 5.92 Å². The molecule has 1 saturated heterocycles. The van der Waals surface area contributed by atoms with Crippen molar-refractivity contribution in [2.75, 3.05) is 13.1 Å². The van der Waals surface area contributed by atoms with E-state index in [4.69, 9.17) is 0 Å². The Kier molecular flexibility index (Phi) is 3.22. The Morgan fingerprint density at radius 3 is 2.85 bits per heavy atom. The Balaban J connectivity index is 2.45. The smallest absolute Gasteiger partial charge is 0.265 e. The highest BCUT2D eigenvalue weighted by molar-refractivity contribution is 5.77. The summed E-state index contributed by atoms with van der Waals surface area (Å²) < 4.78 is 25.7. The predicted octanol–water partition coefficient (Wildman–Crippen LogP) is 2.04. The van der Waals surface area contributed by atoms with Crippen LogP contribution in [-0.2, 0) is 4.79 Å². The zero-order valence-corrected chi connectivity index (χ0v) is 7.85. The van der Waals surface area contributed by atoms with Gasteiger partial charge in [0, 0.05) is 19.4 Å². The average molecular weight is 191 g/mol. The lowest BCUT2D eigenvalue weighted by molar-refractivity contribution is -0.147. The number of rotatable bonds is 3. The molecule has 0 bridgehead atoms. The van der Waals surface area contributed by atoms with Crippen LogP contribution in [0.2, 0.25) is 0 Å². The largest absolute Gasteiger partial charge is 0.337 e. The molecule has 0 radical (unpaired) electrons. The number of halogens is 2. The molecule has 13 heavy (non-hydrogen) atoms. The number of unbranched alkanes of at least 4 members (excludes halogenated alkanes) is 1. The van der Waals surface area contributed by atoms with Crippen molar-refractivity contribution in [1.29, 1.82) is 0 Å². The first-order chi connectivity index (χ1) is 6.05. The molecule has 0 aliphatic carbocycles. The molecular formula is C9H15F2NO. The Morgan fingerprint density at radius 2 is 2.23 bits per heavy atom. The number of carbonyl (C=O) groups excluding carboxylic acids is 1. The van der Waals surface area contributed by atoms with Gasteiger partial charge in [0.15, 0.2) is 0 Å². The van der Waals surface area contributed by atoms with Crippen LogP contribution in [0.5, 0.6) is 0 Å². The molecule has 0 spiro atoms. The Morgan fingerprint density at radius 1 is 1.54 bits per heavy atom. The fourth-order valence-electron chi connectivity index (χ4n) is 1.45. The summed E-state index contributed by atoms with van der Waals surface area (Å²) in [6.45, 7) is 2.07. The number of carbonyl (C=O) groups is 1. The van der Waals surface area contributed by atoms with Gasteiger partial charge in [0.05, 0.1) is 6.54 Å². The van der Waals surface area contributed by atoms with Gasteiger partial charge in [-0.3, -0.25) is 4.79 Å². The van der Waals surface area contributed by atoms with Gasteiger partial charge in [-0.2, -0.15) is 0 Å². The van der Waals surface area contributed by atoms with Crippen molar-refractivity contribution >= 4 is 5.91 Å². The summed E-state index contributed by atoms with van der Waals surface area (Å²) >= 11 is 0. The summed E-state index contributed by atoms with van der Waals surface area (Å²) in [5.41, 5.74) is 0. The van der Waals surface area contributed by atoms with Crippen molar-refractivity contribution in [3.05, 3.63) is 0 Å². The molecule has 1 heterocycles. The van der Waals surface area contributed by atoms with E-state index in [9.17, 15) is 13.6 Å². The first-order valence-electron chi connectivity index (χ1n) is 4.71. The van der Waals surface area contributed by atoms with E-state index in [0.29, 0.717) is 6.54 Å². The van der Waals surface area contributed by atoms with Crippen LogP contribution in [0.3, 0.4) is 0 Å². The minimum Gasteiger partial charge on any atom is -0.337 e. The standard InChI is InChI=1S/C9H15F2NO/c1-2-3-6-12-7-9(10,11)5-4-8(12)13/h2-7H2,1H3. The van der Waals surface area contributed by atoms with Crippen LogP contribution >= 0.6 is 0 Å². The summed E-state index contributed by atoms with van der Waals surface area (Å²) in [5, 5.41) is 0. The zero-order chi connectivity index (χ0) is 9.90. The molecule has 0 saturated carbocycles. The van der Waals surface area contributed by atoms with E-state index in [0.717, 1.165) is 12.8 Å². The molecule has 0 aromatic rings. The molecule has 0 aromatic carbocycles. The SMILES string of the molecule is CCCCN1CC(F)(F)CCC1=O. The van der Waals surface area contributed by atoms with Gasteiger partial charge in [-0.25, -0.2) is 8.78 Å². The summed E-state index contributed by atoms with van der Waals surface area (Å²) in [7, 11) is 0. The Bertz CT molecular complexity index is 194. The molecule has 1 fully saturated rings. The first-order valence-corrected chi connectivity index (χ1v) is 4.71. The van der Waals surface area contributed by atoms with Crippen LogP contribution in [0.25, 0.3) is 0 Å². The lowest BCUT2D eigenvalue weighted by Crippen LogP contribution is -2.46. The second-order valence-electron chi connectivity index (χ2n) is 3.52. The van der Waals surface area contributed by atoms with E-state index in [1.807, 2.05) is 6.92 Å². The molecule has 2 nitrogen and oxygen atoms in total. The van der Waals surface area contributed by atoms with E-state index in [1.54, 1.807) is 0 Å². The van der Waals surface area contributed by atoms with Crippen molar-refractivity contribution in [3.8, 4) is 0 Å². The van der Waals surface area contributed by atoms with E-state index < -0.39 is 5.92 Å². The zero-order valence-electron chi connectivity index (χ0n) is 7.85. The van der Waals surface area contributed by atoms with E-state index in [2.05, 4.69) is 0 Å². The van der Waals surface area contributed by atoms with Gasteiger partial charge in [-0.05, 0) is 6.42 Å². The molecule has 0 atom stereocenters. The summed E-state index contributed by atoms with van der Waals surface area (Å²) in [6, 6.07) is 0. The van der Waals surface area contributed by atoms with E-state index in [1.165, 1.54) is 4.90 Å².